The summed E-state index contributed by atoms with van der Waals surface area (Å²) >= 11 is 2.07. The second-order valence-corrected chi connectivity index (χ2v) is 6.79. The number of benzene rings is 1. The monoisotopic (exact) mass is 289 g/mol. The predicted molar refractivity (Wildman–Crippen MR) is 87.5 cm³/mol. The summed E-state index contributed by atoms with van der Waals surface area (Å²) in [6.07, 6.45) is 3.58. The van der Waals surface area contributed by atoms with Crippen molar-refractivity contribution < 1.29 is 4.42 Å². The number of fused-ring (bicyclic) bond motifs is 1. The molecular formula is C17H23NOS. The molecule has 3 rings (SSSR count). The molecule has 2 nitrogen and oxygen atoms in total. The second kappa shape index (κ2) is 6.23. The van der Waals surface area contributed by atoms with Crippen LogP contribution in [-0.2, 0) is 6.42 Å². The van der Waals surface area contributed by atoms with E-state index in [4.69, 9.17) is 4.42 Å². The van der Waals surface area contributed by atoms with Crippen molar-refractivity contribution in [2.45, 2.75) is 45.2 Å². The minimum absolute atomic E-state index is 0.297. The first-order chi connectivity index (χ1) is 9.79. The largest absolute Gasteiger partial charge is 0.459 e. The van der Waals surface area contributed by atoms with Gasteiger partial charge < -0.3 is 9.73 Å². The summed E-state index contributed by atoms with van der Waals surface area (Å²) in [7, 11) is 0. The second-order valence-electron chi connectivity index (χ2n) is 5.57. The molecule has 1 aliphatic heterocycles. The SMILES string of the molecule is CCc1c(C(C)NC2CCSCC2)oc2ccccc12. The molecule has 2 heterocycles. The number of aryl methyl sites for hydroxylation is 1. The van der Waals surface area contributed by atoms with Gasteiger partial charge in [0.1, 0.15) is 11.3 Å². The Labute approximate surface area is 125 Å². The molecule has 20 heavy (non-hydrogen) atoms. The standard InChI is InChI=1S/C17H23NOS/c1-3-14-15-6-4-5-7-16(15)19-17(14)12(2)18-13-8-10-20-11-9-13/h4-7,12-13,18H,3,8-11H2,1-2H3. The van der Waals surface area contributed by atoms with Gasteiger partial charge >= 0.3 is 0 Å². The maximum Gasteiger partial charge on any atom is 0.134 e. The first-order valence-electron chi connectivity index (χ1n) is 7.63. The van der Waals surface area contributed by atoms with Crippen molar-refractivity contribution in [1.82, 2.24) is 5.32 Å². The van der Waals surface area contributed by atoms with Crippen molar-refractivity contribution >= 4 is 22.7 Å². The lowest BCUT2D eigenvalue weighted by atomic mass is 10.0. The zero-order valence-corrected chi connectivity index (χ0v) is 13.1. The topological polar surface area (TPSA) is 25.2 Å². The van der Waals surface area contributed by atoms with E-state index in [1.165, 1.54) is 35.3 Å². The first kappa shape index (κ1) is 14.0. The molecule has 2 aromatic rings. The molecule has 3 heteroatoms. The van der Waals surface area contributed by atoms with Gasteiger partial charge in [0.25, 0.3) is 0 Å². The van der Waals surface area contributed by atoms with Crippen molar-refractivity contribution in [2.24, 2.45) is 0 Å². The molecule has 0 saturated carbocycles. The Morgan fingerprint density at radius 3 is 2.80 bits per heavy atom. The fourth-order valence-corrected chi connectivity index (χ4v) is 4.23. The highest BCUT2D eigenvalue weighted by molar-refractivity contribution is 7.99. The Bertz CT molecular complexity index is 571. The zero-order valence-electron chi connectivity index (χ0n) is 12.3. The zero-order chi connectivity index (χ0) is 13.9. The quantitative estimate of drug-likeness (QED) is 0.894. The number of furan rings is 1. The molecule has 1 saturated heterocycles. The van der Waals surface area contributed by atoms with Crippen LogP contribution >= 0.6 is 11.8 Å². The fourth-order valence-electron chi connectivity index (χ4n) is 3.13. The van der Waals surface area contributed by atoms with E-state index < -0.39 is 0 Å². The molecule has 1 fully saturated rings. The van der Waals surface area contributed by atoms with Gasteiger partial charge in [-0.1, -0.05) is 25.1 Å². The maximum atomic E-state index is 6.13. The summed E-state index contributed by atoms with van der Waals surface area (Å²) in [5.74, 6) is 3.70. The molecule has 0 spiro atoms. The molecule has 0 radical (unpaired) electrons. The average molecular weight is 289 g/mol. The van der Waals surface area contributed by atoms with Crippen LogP contribution in [0, 0.1) is 0 Å². The Morgan fingerprint density at radius 1 is 1.30 bits per heavy atom. The van der Waals surface area contributed by atoms with Crippen LogP contribution < -0.4 is 5.32 Å². The van der Waals surface area contributed by atoms with Crippen LogP contribution in [0.25, 0.3) is 11.0 Å². The van der Waals surface area contributed by atoms with E-state index in [0.29, 0.717) is 12.1 Å². The summed E-state index contributed by atoms with van der Waals surface area (Å²) in [5.41, 5.74) is 2.39. The minimum Gasteiger partial charge on any atom is -0.459 e. The van der Waals surface area contributed by atoms with E-state index in [2.05, 4.69) is 49.1 Å². The molecule has 1 atom stereocenters. The Morgan fingerprint density at radius 2 is 2.05 bits per heavy atom. The normalized spacial score (nSPS) is 18.5. The Hall–Kier alpha value is -0.930. The van der Waals surface area contributed by atoms with Gasteiger partial charge in [0.05, 0.1) is 6.04 Å². The van der Waals surface area contributed by atoms with Crippen LogP contribution in [0.1, 0.15) is 44.1 Å². The van der Waals surface area contributed by atoms with Gasteiger partial charge in [-0.3, -0.25) is 0 Å². The van der Waals surface area contributed by atoms with Crippen molar-refractivity contribution in [2.75, 3.05) is 11.5 Å². The summed E-state index contributed by atoms with van der Waals surface area (Å²) in [6.45, 7) is 4.45. The van der Waals surface area contributed by atoms with Crippen molar-refractivity contribution in [3.63, 3.8) is 0 Å². The highest BCUT2D eigenvalue weighted by Crippen LogP contribution is 2.31. The molecule has 1 N–H and O–H groups in total. The average Bonchev–Trinajstić information content (AvgIpc) is 2.87. The highest BCUT2D eigenvalue weighted by Gasteiger charge is 2.21. The van der Waals surface area contributed by atoms with Gasteiger partial charge in [-0.25, -0.2) is 0 Å². The molecule has 108 valence electrons. The van der Waals surface area contributed by atoms with Gasteiger partial charge in [0.2, 0.25) is 0 Å². The van der Waals surface area contributed by atoms with E-state index in [1.54, 1.807) is 0 Å². The molecular weight excluding hydrogens is 266 g/mol. The molecule has 1 aliphatic rings. The summed E-state index contributed by atoms with van der Waals surface area (Å²) in [6, 6.07) is 9.32. The van der Waals surface area contributed by atoms with Crippen LogP contribution in [0.4, 0.5) is 0 Å². The number of thioether (sulfide) groups is 1. The van der Waals surface area contributed by atoms with Crippen LogP contribution in [0.3, 0.4) is 0 Å². The van der Waals surface area contributed by atoms with Crippen LogP contribution in [0.5, 0.6) is 0 Å². The van der Waals surface area contributed by atoms with Gasteiger partial charge in [0, 0.05) is 17.0 Å². The Balaban J connectivity index is 1.84. The molecule has 0 aliphatic carbocycles. The van der Waals surface area contributed by atoms with E-state index in [0.717, 1.165) is 17.8 Å². The van der Waals surface area contributed by atoms with E-state index in [-0.39, 0.29) is 0 Å². The first-order valence-corrected chi connectivity index (χ1v) is 8.79. The number of hydrogen-bond donors (Lipinski definition) is 1. The van der Waals surface area contributed by atoms with Gasteiger partial charge in [-0.2, -0.15) is 11.8 Å². The molecule has 0 amide bonds. The van der Waals surface area contributed by atoms with E-state index in [1.807, 2.05) is 6.07 Å². The summed E-state index contributed by atoms with van der Waals surface area (Å²) in [5, 5.41) is 5.04. The maximum absolute atomic E-state index is 6.13. The Kier molecular flexibility index (Phi) is 4.37. The van der Waals surface area contributed by atoms with Crippen molar-refractivity contribution in [3.05, 3.63) is 35.6 Å². The third-order valence-corrected chi connectivity index (χ3v) is 5.23. The van der Waals surface area contributed by atoms with Gasteiger partial charge in [-0.15, -0.1) is 0 Å². The van der Waals surface area contributed by atoms with Crippen molar-refractivity contribution in [1.29, 1.82) is 0 Å². The molecule has 1 unspecified atom stereocenters. The lowest BCUT2D eigenvalue weighted by Crippen LogP contribution is -2.34. The number of hydrogen-bond acceptors (Lipinski definition) is 3. The number of nitrogens with one attached hydrogen (secondary N) is 1. The number of para-hydroxylation sites is 1. The van der Waals surface area contributed by atoms with Gasteiger partial charge in [-0.05, 0) is 43.8 Å². The molecule has 1 aromatic heterocycles. The summed E-state index contributed by atoms with van der Waals surface area (Å²) < 4.78 is 6.13. The third kappa shape index (κ3) is 2.75. The smallest absolute Gasteiger partial charge is 0.134 e. The minimum atomic E-state index is 0.297. The molecule has 0 bridgehead atoms. The third-order valence-electron chi connectivity index (χ3n) is 4.18. The van der Waals surface area contributed by atoms with Crippen molar-refractivity contribution in [3.8, 4) is 0 Å². The van der Waals surface area contributed by atoms with Gasteiger partial charge in [0.15, 0.2) is 0 Å². The van der Waals surface area contributed by atoms with E-state index in [9.17, 15) is 0 Å². The highest BCUT2D eigenvalue weighted by atomic mass is 32.2. The predicted octanol–water partition coefficient (Wildman–Crippen LogP) is 4.54. The fraction of sp³-hybridized carbons (Fsp3) is 0.529. The number of rotatable bonds is 4. The van der Waals surface area contributed by atoms with Crippen LogP contribution in [0.2, 0.25) is 0 Å². The van der Waals surface area contributed by atoms with Crippen LogP contribution in [0.15, 0.2) is 28.7 Å². The molecule has 1 aromatic carbocycles. The van der Waals surface area contributed by atoms with Crippen LogP contribution in [-0.4, -0.2) is 17.5 Å². The lowest BCUT2D eigenvalue weighted by molar-refractivity contribution is 0.382. The summed E-state index contributed by atoms with van der Waals surface area (Å²) in [4.78, 5) is 0. The van der Waals surface area contributed by atoms with E-state index >= 15 is 0 Å². The lowest BCUT2D eigenvalue weighted by Gasteiger charge is -2.26.